The molecule has 0 aliphatic heterocycles. The Hall–Kier alpha value is -1.89. The van der Waals surface area contributed by atoms with E-state index in [-0.39, 0.29) is 18.7 Å². The van der Waals surface area contributed by atoms with Crippen molar-refractivity contribution in [2.45, 2.75) is 25.6 Å². The molecule has 0 bridgehead atoms. The second-order valence-electron chi connectivity index (χ2n) is 5.56. The van der Waals surface area contributed by atoms with Gasteiger partial charge >= 0.3 is 6.03 Å². The van der Waals surface area contributed by atoms with Crippen molar-refractivity contribution in [2.75, 3.05) is 19.0 Å². The molecule has 0 radical (unpaired) electrons. The van der Waals surface area contributed by atoms with Gasteiger partial charge in [0.15, 0.2) is 0 Å². The van der Waals surface area contributed by atoms with Crippen molar-refractivity contribution in [3.8, 4) is 0 Å². The molecule has 2 aromatic rings. The number of thiophene rings is 1. The molecule has 1 aromatic heterocycles. The highest BCUT2D eigenvalue weighted by atomic mass is 32.1. The zero-order valence-electron chi connectivity index (χ0n) is 13.5. The van der Waals surface area contributed by atoms with E-state index in [4.69, 9.17) is 4.74 Å². The smallest absolute Gasteiger partial charge is 0.319 e. The second-order valence-corrected chi connectivity index (χ2v) is 6.51. The summed E-state index contributed by atoms with van der Waals surface area (Å²) in [6, 6.07) is 10.8. The molecule has 2 rings (SSSR count). The van der Waals surface area contributed by atoms with Crippen LogP contribution in [0.15, 0.2) is 41.8 Å². The van der Waals surface area contributed by atoms with E-state index in [0.29, 0.717) is 5.69 Å². The van der Waals surface area contributed by atoms with E-state index in [9.17, 15) is 9.90 Å². The predicted octanol–water partition coefficient (Wildman–Crippen LogP) is 3.48. The number of hydrogen-bond acceptors (Lipinski definition) is 4. The van der Waals surface area contributed by atoms with Gasteiger partial charge in [-0.25, -0.2) is 4.79 Å². The van der Waals surface area contributed by atoms with Crippen molar-refractivity contribution in [1.29, 1.82) is 0 Å². The Balaban J connectivity index is 1.92. The van der Waals surface area contributed by atoms with E-state index in [0.717, 1.165) is 10.4 Å². The minimum Gasteiger partial charge on any atom is -0.383 e. The number of nitrogens with one attached hydrogen (secondary N) is 2. The molecule has 0 spiro atoms. The van der Waals surface area contributed by atoms with Crippen LogP contribution >= 0.6 is 11.3 Å². The van der Waals surface area contributed by atoms with Crippen LogP contribution in [-0.4, -0.2) is 24.8 Å². The molecule has 0 saturated carbocycles. The summed E-state index contributed by atoms with van der Waals surface area (Å²) in [5.41, 5.74) is 0.577. The van der Waals surface area contributed by atoms with Gasteiger partial charge in [-0.3, -0.25) is 0 Å². The largest absolute Gasteiger partial charge is 0.383 e. The lowest BCUT2D eigenvalue weighted by atomic mass is 10.1. The molecule has 5 nitrogen and oxygen atoms in total. The first-order valence-electron chi connectivity index (χ1n) is 7.36. The van der Waals surface area contributed by atoms with Gasteiger partial charge in [0.25, 0.3) is 0 Å². The van der Waals surface area contributed by atoms with Gasteiger partial charge < -0.3 is 20.5 Å². The monoisotopic (exact) mass is 334 g/mol. The normalized spacial score (nSPS) is 14.8. The third-order valence-electron chi connectivity index (χ3n) is 3.61. The lowest BCUT2D eigenvalue weighted by Crippen LogP contribution is -2.40. The first kappa shape index (κ1) is 17.5. The van der Waals surface area contributed by atoms with Crippen molar-refractivity contribution >= 4 is 23.1 Å². The van der Waals surface area contributed by atoms with E-state index < -0.39 is 5.60 Å². The molecule has 2 amide bonds. The highest BCUT2D eigenvalue weighted by Crippen LogP contribution is 2.24. The van der Waals surface area contributed by atoms with Gasteiger partial charge in [0.1, 0.15) is 5.60 Å². The topological polar surface area (TPSA) is 70.6 Å². The molecular formula is C17H22N2O3S. The van der Waals surface area contributed by atoms with Crippen LogP contribution in [0.5, 0.6) is 0 Å². The Morgan fingerprint density at radius 2 is 2.17 bits per heavy atom. The Morgan fingerprint density at radius 3 is 2.83 bits per heavy atom. The fraction of sp³-hybridized carbons (Fsp3) is 0.353. The van der Waals surface area contributed by atoms with Crippen LogP contribution in [0.25, 0.3) is 0 Å². The summed E-state index contributed by atoms with van der Waals surface area (Å²) in [6.45, 7) is 3.75. The Bertz CT molecular complexity index is 641. The van der Waals surface area contributed by atoms with Gasteiger partial charge in [0, 0.05) is 17.7 Å². The molecule has 0 aliphatic carbocycles. The van der Waals surface area contributed by atoms with Crippen molar-refractivity contribution in [2.24, 2.45) is 0 Å². The Labute approximate surface area is 140 Å². The number of aliphatic hydroxyl groups is 1. The summed E-state index contributed by atoms with van der Waals surface area (Å²) < 4.78 is 5.27. The second kappa shape index (κ2) is 7.59. The molecule has 0 unspecified atom stereocenters. The molecule has 124 valence electrons. The molecule has 0 saturated heterocycles. The zero-order valence-corrected chi connectivity index (χ0v) is 14.3. The highest BCUT2D eigenvalue weighted by molar-refractivity contribution is 7.10. The number of amides is 2. The summed E-state index contributed by atoms with van der Waals surface area (Å²) in [7, 11) is 1.64. The predicted molar refractivity (Wildman–Crippen MR) is 92.8 cm³/mol. The van der Waals surface area contributed by atoms with E-state index in [2.05, 4.69) is 10.6 Å². The van der Waals surface area contributed by atoms with Gasteiger partial charge in [-0.2, -0.15) is 0 Å². The minimum atomic E-state index is -1.09. The number of carbonyl (C=O) groups excluding carboxylic acids is 1. The van der Waals surface area contributed by atoms with E-state index >= 15 is 0 Å². The average Bonchev–Trinajstić information content (AvgIpc) is 3.08. The summed E-state index contributed by atoms with van der Waals surface area (Å²) in [5, 5.41) is 17.7. The van der Waals surface area contributed by atoms with Crippen LogP contribution in [0, 0.1) is 0 Å². The molecule has 0 fully saturated rings. The third kappa shape index (κ3) is 4.79. The number of benzene rings is 1. The molecule has 6 heteroatoms. The molecule has 1 heterocycles. The third-order valence-corrected chi connectivity index (χ3v) is 4.74. The number of urea groups is 1. The summed E-state index contributed by atoms with van der Waals surface area (Å²) in [4.78, 5) is 12.8. The summed E-state index contributed by atoms with van der Waals surface area (Å²) in [6.07, 6.45) is -0.0422. The Kier molecular flexibility index (Phi) is 5.76. The van der Waals surface area contributed by atoms with Crippen LogP contribution in [0.3, 0.4) is 0 Å². The maximum absolute atomic E-state index is 12.0. The van der Waals surface area contributed by atoms with Crippen LogP contribution < -0.4 is 10.6 Å². The molecular weight excluding hydrogens is 312 g/mol. The molecule has 23 heavy (non-hydrogen) atoms. The quantitative estimate of drug-likeness (QED) is 0.757. The lowest BCUT2D eigenvalue weighted by Gasteiger charge is -2.22. The highest BCUT2D eigenvalue weighted by Gasteiger charge is 2.24. The van der Waals surface area contributed by atoms with Gasteiger partial charge in [-0.05, 0) is 43.0 Å². The van der Waals surface area contributed by atoms with Crippen molar-refractivity contribution in [3.05, 3.63) is 52.2 Å². The molecule has 0 aliphatic rings. The standard InChI is InChI=1S/C17H22N2O3S/c1-12(22-3)13-6-4-7-14(10-13)19-16(20)18-11-17(2,21)15-8-5-9-23-15/h4-10,12,21H,11H2,1-3H3,(H2,18,19,20)/t12-,17-/m0/s1. The number of rotatable bonds is 6. The lowest BCUT2D eigenvalue weighted by molar-refractivity contribution is 0.0637. The van der Waals surface area contributed by atoms with Gasteiger partial charge in [-0.15, -0.1) is 11.3 Å². The average molecular weight is 334 g/mol. The van der Waals surface area contributed by atoms with Crippen LogP contribution in [-0.2, 0) is 10.3 Å². The molecule has 3 N–H and O–H groups in total. The van der Waals surface area contributed by atoms with Gasteiger partial charge in [0.2, 0.25) is 0 Å². The molecule has 2 atom stereocenters. The number of anilines is 1. The van der Waals surface area contributed by atoms with Crippen LogP contribution in [0.1, 0.15) is 30.4 Å². The fourth-order valence-electron chi connectivity index (χ4n) is 2.11. The van der Waals surface area contributed by atoms with E-state index in [1.807, 2.05) is 48.7 Å². The SMILES string of the molecule is CO[C@@H](C)c1cccc(NC(=O)NC[C@](C)(O)c2cccs2)c1. The number of ether oxygens (including phenoxy) is 1. The van der Waals surface area contributed by atoms with Gasteiger partial charge in [0.05, 0.1) is 12.6 Å². The first-order valence-corrected chi connectivity index (χ1v) is 8.24. The minimum absolute atomic E-state index is 0.0422. The fourth-order valence-corrected chi connectivity index (χ4v) is 2.89. The van der Waals surface area contributed by atoms with Gasteiger partial charge in [-0.1, -0.05) is 18.2 Å². The first-order chi connectivity index (χ1) is 10.9. The maximum Gasteiger partial charge on any atom is 0.319 e. The zero-order chi connectivity index (χ0) is 16.9. The van der Waals surface area contributed by atoms with Crippen LogP contribution in [0.4, 0.5) is 10.5 Å². The number of hydrogen-bond donors (Lipinski definition) is 3. The maximum atomic E-state index is 12.0. The summed E-state index contributed by atoms with van der Waals surface area (Å²) in [5.74, 6) is 0. The van der Waals surface area contributed by atoms with Crippen molar-refractivity contribution in [1.82, 2.24) is 5.32 Å². The number of carbonyl (C=O) groups is 1. The summed E-state index contributed by atoms with van der Waals surface area (Å²) >= 11 is 1.46. The van der Waals surface area contributed by atoms with Crippen LogP contribution in [0.2, 0.25) is 0 Å². The molecule has 1 aromatic carbocycles. The van der Waals surface area contributed by atoms with E-state index in [1.165, 1.54) is 11.3 Å². The van der Waals surface area contributed by atoms with Crippen molar-refractivity contribution < 1.29 is 14.6 Å². The van der Waals surface area contributed by atoms with Crippen molar-refractivity contribution in [3.63, 3.8) is 0 Å². The van der Waals surface area contributed by atoms with E-state index in [1.54, 1.807) is 14.0 Å². The number of methoxy groups -OCH3 is 1. The Morgan fingerprint density at radius 1 is 1.39 bits per heavy atom.